The van der Waals surface area contributed by atoms with Gasteiger partial charge in [-0.15, -0.1) is 0 Å². The maximum atomic E-state index is 5.67. The van der Waals surface area contributed by atoms with Crippen LogP contribution in [0.5, 0.6) is 0 Å². The van der Waals surface area contributed by atoms with Crippen LogP contribution in [0.4, 0.5) is 11.8 Å². The second-order valence-corrected chi connectivity index (χ2v) is 3.86. The number of halogens is 1. The standard InChI is InChI=1S/C8H11BrN4O/c9-6-5-11-8(12-7(6)10)13-1-3-14-4-2-13/h5H,1-4H2,(H2,10,11,12). The van der Waals surface area contributed by atoms with E-state index in [1.165, 1.54) is 0 Å². The summed E-state index contributed by atoms with van der Waals surface area (Å²) in [6, 6.07) is 0. The Labute approximate surface area is 90.4 Å². The first-order valence-corrected chi connectivity index (χ1v) is 5.17. The van der Waals surface area contributed by atoms with Crippen LogP contribution in [0.3, 0.4) is 0 Å². The van der Waals surface area contributed by atoms with Gasteiger partial charge in [-0.1, -0.05) is 0 Å². The topological polar surface area (TPSA) is 64.3 Å². The van der Waals surface area contributed by atoms with E-state index in [1.54, 1.807) is 6.20 Å². The van der Waals surface area contributed by atoms with E-state index >= 15 is 0 Å². The molecule has 5 nitrogen and oxygen atoms in total. The predicted octanol–water partition coefficient (Wildman–Crippen LogP) is 0.658. The molecule has 0 saturated carbocycles. The second kappa shape index (κ2) is 4.10. The second-order valence-electron chi connectivity index (χ2n) is 3.00. The van der Waals surface area contributed by atoms with Gasteiger partial charge < -0.3 is 15.4 Å². The van der Waals surface area contributed by atoms with Gasteiger partial charge in [-0.25, -0.2) is 4.98 Å². The Morgan fingerprint density at radius 2 is 2.14 bits per heavy atom. The Bertz CT molecular complexity index is 327. The molecule has 14 heavy (non-hydrogen) atoms. The van der Waals surface area contributed by atoms with Crippen molar-refractivity contribution in [3.63, 3.8) is 0 Å². The zero-order valence-electron chi connectivity index (χ0n) is 7.61. The summed E-state index contributed by atoms with van der Waals surface area (Å²) in [5, 5.41) is 0. The molecule has 0 aliphatic carbocycles. The summed E-state index contributed by atoms with van der Waals surface area (Å²) in [5.74, 6) is 1.15. The molecule has 0 amide bonds. The summed E-state index contributed by atoms with van der Waals surface area (Å²) in [7, 11) is 0. The predicted molar refractivity (Wildman–Crippen MR) is 57.2 cm³/mol. The van der Waals surface area contributed by atoms with Crippen LogP contribution >= 0.6 is 15.9 Å². The summed E-state index contributed by atoms with van der Waals surface area (Å²) in [5.41, 5.74) is 5.67. The number of hydrogen-bond acceptors (Lipinski definition) is 5. The molecule has 1 aromatic heterocycles. The number of nitrogen functional groups attached to an aromatic ring is 1. The molecule has 0 atom stereocenters. The molecule has 1 fully saturated rings. The molecule has 1 aromatic rings. The molecule has 2 rings (SSSR count). The van der Waals surface area contributed by atoms with Gasteiger partial charge >= 0.3 is 0 Å². The molecule has 6 heteroatoms. The van der Waals surface area contributed by atoms with Crippen molar-refractivity contribution < 1.29 is 4.74 Å². The molecule has 2 heterocycles. The third-order valence-corrected chi connectivity index (χ3v) is 2.66. The van der Waals surface area contributed by atoms with Gasteiger partial charge in [0.15, 0.2) is 0 Å². The molecule has 1 aliphatic heterocycles. The molecule has 0 spiro atoms. The lowest BCUT2D eigenvalue weighted by Crippen LogP contribution is -2.37. The minimum absolute atomic E-state index is 0.474. The molecule has 0 aromatic carbocycles. The highest BCUT2D eigenvalue weighted by atomic mass is 79.9. The molecule has 1 aliphatic rings. The van der Waals surface area contributed by atoms with Crippen molar-refractivity contribution in [2.75, 3.05) is 36.9 Å². The number of nitrogens with two attached hydrogens (primary N) is 1. The van der Waals surface area contributed by atoms with Gasteiger partial charge in [-0.2, -0.15) is 4.98 Å². The van der Waals surface area contributed by atoms with Crippen molar-refractivity contribution >= 4 is 27.7 Å². The molecule has 76 valence electrons. The summed E-state index contributed by atoms with van der Waals surface area (Å²) >= 11 is 3.26. The first-order valence-electron chi connectivity index (χ1n) is 4.38. The number of nitrogens with zero attached hydrogens (tertiary/aromatic N) is 3. The molecular formula is C8H11BrN4O. The molecule has 0 unspecified atom stereocenters. The molecule has 0 bridgehead atoms. The summed E-state index contributed by atoms with van der Waals surface area (Å²) in [6.45, 7) is 3.08. The van der Waals surface area contributed by atoms with Crippen LogP contribution in [0.15, 0.2) is 10.7 Å². The molecule has 2 N–H and O–H groups in total. The fourth-order valence-corrected chi connectivity index (χ4v) is 1.48. The summed E-state index contributed by atoms with van der Waals surface area (Å²) in [6.07, 6.45) is 1.67. The summed E-state index contributed by atoms with van der Waals surface area (Å²) in [4.78, 5) is 10.4. The maximum Gasteiger partial charge on any atom is 0.227 e. The smallest absolute Gasteiger partial charge is 0.227 e. The SMILES string of the molecule is Nc1nc(N2CCOCC2)ncc1Br. The van der Waals surface area contributed by atoms with E-state index < -0.39 is 0 Å². The number of ether oxygens (including phenoxy) is 1. The molecular weight excluding hydrogens is 248 g/mol. The largest absolute Gasteiger partial charge is 0.383 e. The summed E-state index contributed by atoms with van der Waals surface area (Å²) < 4.78 is 5.97. The maximum absolute atomic E-state index is 5.67. The van der Waals surface area contributed by atoms with E-state index in [0.717, 1.165) is 30.8 Å². The normalized spacial score (nSPS) is 17.1. The van der Waals surface area contributed by atoms with Crippen molar-refractivity contribution in [1.29, 1.82) is 0 Å². The number of morpholine rings is 1. The van der Waals surface area contributed by atoms with Gasteiger partial charge in [-0.05, 0) is 15.9 Å². The Morgan fingerprint density at radius 1 is 1.43 bits per heavy atom. The van der Waals surface area contributed by atoms with Crippen LogP contribution in [0, 0.1) is 0 Å². The lowest BCUT2D eigenvalue weighted by Gasteiger charge is -2.26. The number of hydrogen-bond donors (Lipinski definition) is 1. The zero-order chi connectivity index (χ0) is 9.97. The van der Waals surface area contributed by atoms with Crippen LogP contribution in [0.1, 0.15) is 0 Å². The van der Waals surface area contributed by atoms with E-state index in [4.69, 9.17) is 10.5 Å². The van der Waals surface area contributed by atoms with E-state index in [2.05, 4.69) is 30.8 Å². The van der Waals surface area contributed by atoms with Crippen molar-refractivity contribution in [1.82, 2.24) is 9.97 Å². The van der Waals surface area contributed by atoms with Crippen LogP contribution in [0.25, 0.3) is 0 Å². The van der Waals surface area contributed by atoms with E-state index in [-0.39, 0.29) is 0 Å². The van der Waals surface area contributed by atoms with Crippen LogP contribution in [-0.4, -0.2) is 36.3 Å². The highest BCUT2D eigenvalue weighted by molar-refractivity contribution is 9.10. The van der Waals surface area contributed by atoms with E-state index in [1.807, 2.05) is 0 Å². The van der Waals surface area contributed by atoms with Crippen molar-refractivity contribution in [3.05, 3.63) is 10.7 Å². The fourth-order valence-electron chi connectivity index (χ4n) is 1.29. The third-order valence-electron chi connectivity index (χ3n) is 2.05. The lowest BCUT2D eigenvalue weighted by atomic mass is 10.4. The Morgan fingerprint density at radius 3 is 2.79 bits per heavy atom. The fraction of sp³-hybridized carbons (Fsp3) is 0.500. The third kappa shape index (κ3) is 1.96. The first-order chi connectivity index (χ1) is 6.77. The van der Waals surface area contributed by atoms with Crippen LogP contribution in [0.2, 0.25) is 0 Å². The van der Waals surface area contributed by atoms with E-state index in [0.29, 0.717) is 11.8 Å². The van der Waals surface area contributed by atoms with Crippen molar-refractivity contribution in [2.45, 2.75) is 0 Å². The first kappa shape index (κ1) is 9.67. The highest BCUT2D eigenvalue weighted by Crippen LogP contribution is 2.18. The Balaban J connectivity index is 2.18. The van der Waals surface area contributed by atoms with Crippen molar-refractivity contribution in [3.8, 4) is 0 Å². The van der Waals surface area contributed by atoms with Crippen LogP contribution in [-0.2, 0) is 4.74 Å². The van der Waals surface area contributed by atoms with Crippen LogP contribution < -0.4 is 10.6 Å². The minimum atomic E-state index is 0.474. The Kier molecular flexibility index (Phi) is 2.83. The average molecular weight is 259 g/mol. The monoisotopic (exact) mass is 258 g/mol. The molecule has 0 radical (unpaired) electrons. The van der Waals surface area contributed by atoms with Gasteiger partial charge in [0, 0.05) is 19.3 Å². The van der Waals surface area contributed by atoms with Crippen molar-refractivity contribution in [2.24, 2.45) is 0 Å². The quantitative estimate of drug-likeness (QED) is 0.802. The van der Waals surface area contributed by atoms with Gasteiger partial charge in [-0.3, -0.25) is 0 Å². The average Bonchev–Trinajstić information content (AvgIpc) is 2.23. The Hall–Kier alpha value is -0.880. The zero-order valence-corrected chi connectivity index (χ0v) is 9.20. The van der Waals surface area contributed by atoms with Gasteiger partial charge in [0.05, 0.1) is 17.7 Å². The van der Waals surface area contributed by atoms with Gasteiger partial charge in [0.25, 0.3) is 0 Å². The lowest BCUT2D eigenvalue weighted by molar-refractivity contribution is 0.122. The molecule has 1 saturated heterocycles. The number of aromatic nitrogens is 2. The minimum Gasteiger partial charge on any atom is -0.383 e. The van der Waals surface area contributed by atoms with E-state index in [9.17, 15) is 0 Å². The number of rotatable bonds is 1. The number of anilines is 2. The van der Waals surface area contributed by atoms with Gasteiger partial charge in [0.1, 0.15) is 5.82 Å². The highest BCUT2D eigenvalue weighted by Gasteiger charge is 2.14. The van der Waals surface area contributed by atoms with Gasteiger partial charge in [0.2, 0.25) is 5.95 Å².